The Morgan fingerprint density at radius 2 is 0.873 bits per heavy atom. The summed E-state index contributed by atoms with van der Waals surface area (Å²) in [6, 6.07) is -0.727. The van der Waals surface area contributed by atoms with Gasteiger partial charge in [0.25, 0.3) is 0 Å². The first kappa shape index (κ1) is 60.3. The first-order valence-corrected chi connectivity index (χ1v) is 26.7. The number of ether oxygens (including phenoxy) is 1. The average molecular weight is 880 g/mol. The summed E-state index contributed by atoms with van der Waals surface area (Å²) in [7, 11) is 0. The minimum atomic E-state index is -0.809. The third kappa shape index (κ3) is 45.7. The Labute approximate surface area is 390 Å². The molecule has 0 fully saturated rings. The number of hydrogen-bond donors (Lipinski definition) is 3. The monoisotopic (exact) mass is 880 g/mol. The Hall–Kier alpha value is -2.70. The van der Waals surface area contributed by atoms with Crippen LogP contribution in [0.5, 0.6) is 0 Å². The SMILES string of the molecule is CC/C=C/C/C=C/C/C=C/C/C=C/C/C=C/CCC(=O)OC(CCC/C=C\CCCCCCCCC)CC(=O)NC(CO)C(O)CCCCCCCCCCCCCCCCCC. The number of esters is 1. The number of hydrogen-bond acceptors (Lipinski definition) is 5. The van der Waals surface area contributed by atoms with E-state index >= 15 is 0 Å². The lowest BCUT2D eigenvalue weighted by Gasteiger charge is -2.24. The Kier molecular flexibility index (Phi) is 48.1. The quantitative estimate of drug-likeness (QED) is 0.0321. The fraction of sp³-hybridized carbons (Fsp3) is 0.754. The summed E-state index contributed by atoms with van der Waals surface area (Å²) in [5.41, 5.74) is 0. The van der Waals surface area contributed by atoms with E-state index in [1.165, 1.54) is 128 Å². The number of allylic oxidation sites excluding steroid dienone is 12. The van der Waals surface area contributed by atoms with Crippen molar-refractivity contribution in [1.82, 2.24) is 5.32 Å². The molecule has 6 heteroatoms. The molecule has 0 aromatic heterocycles. The summed E-state index contributed by atoms with van der Waals surface area (Å²) >= 11 is 0. The van der Waals surface area contributed by atoms with Crippen LogP contribution in [0.4, 0.5) is 0 Å². The molecule has 364 valence electrons. The topological polar surface area (TPSA) is 95.9 Å². The van der Waals surface area contributed by atoms with Crippen LogP contribution in [0.2, 0.25) is 0 Å². The van der Waals surface area contributed by atoms with Crippen LogP contribution in [0.1, 0.15) is 252 Å². The smallest absolute Gasteiger partial charge is 0.306 e. The fourth-order valence-electron chi connectivity index (χ4n) is 7.77. The number of unbranched alkanes of at least 4 members (excludes halogenated alkanes) is 23. The van der Waals surface area contributed by atoms with Crippen molar-refractivity contribution in [3.63, 3.8) is 0 Å². The summed E-state index contributed by atoms with van der Waals surface area (Å²) in [6.07, 6.45) is 64.1. The summed E-state index contributed by atoms with van der Waals surface area (Å²) in [6.45, 7) is 6.35. The molecule has 0 aliphatic heterocycles. The standard InChI is InChI=1S/C57H101NO5/c1-4-7-10-13-16-19-22-25-27-29-31-34-37-40-43-46-49-55(60)54(52-59)58-56(61)51-53(48-45-42-39-36-33-24-21-18-15-12-9-6-3)63-57(62)50-47-44-41-38-35-32-30-28-26-23-20-17-14-11-8-5-2/h8,11,17,20,26,28,32,35-36,39,41,44,53-55,59-60H,4-7,9-10,12-16,18-19,21-25,27,29-31,33-34,37-38,40,42-43,45-52H2,1-3H3,(H,58,61)/b11-8+,20-17+,28-26+,35-32+,39-36-,44-41+. The number of carbonyl (C=O) groups is 2. The molecule has 0 saturated heterocycles. The molecule has 0 rings (SSSR count). The van der Waals surface area contributed by atoms with E-state index in [1.807, 2.05) is 6.08 Å². The highest BCUT2D eigenvalue weighted by Gasteiger charge is 2.24. The van der Waals surface area contributed by atoms with E-state index in [0.717, 1.165) is 70.6 Å². The molecule has 0 saturated carbocycles. The number of aliphatic hydroxyl groups excluding tert-OH is 2. The highest BCUT2D eigenvalue weighted by Crippen LogP contribution is 2.17. The molecule has 0 spiro atoms. The molecule has 3 atom stereocenters. The Balaban J connectivity index is 4.65. The largest absolute Gasteiger partial charge is 0.462 e. The molecular weight excluding hydrogens is 779 g/mol. The minimum Gasteiger partial charge on any atom is -0.462 e. The predicted molar refractivity (Wildman–Crippen MR) is 273 cm³/mol. The predicted octanol–water partition coefficient (Wildman–Crippen LogP) is 16.2. The number of rotatable bonds is 47. The van der Waals surface area contributed by atoms with Gasteiger partial charge in [0.05, 0.1) is 25.2 Å². The van der Waals surface area contributed by atoms with Gasteiger partial charge in [-0.25, -0.2) is 0 Å². The fourth-order valence-corrected chi connectivity index (χ4v) is 7.77. The van der Waals surface area contributed by atoms with E-state index in [9.17, 15) is 19.8 Å². The maximum atomic E-state index is 13.2. The first-order valence-electron chi connectivity index (χ1n) is 26.7. The van der Waals surface area contributed by atoms with E-state index in [-0.39, 0.29) is 31.3 Å². The lowest BCUT2D eigenvalue weighted by Crippen LogP contribution is -2.46. The van der Waals surface area contributed by atoms with Gasteiger partial charge in [0.1, 0.15) is 6.10 Å². The lowest BCUT2D eigenvalue weighted by atomic mass is 10.0. The molecule has 3 N–H and O–H groups in total. The van der Waals surface area contributed by atoms with Gasteiger partial charge >= 0.3 is 5.97 Å². The molecule has 0 aliphatic rings. The molecule has 0 aliphatic carbocycles. The van der Waals surface area contributed by atoms with Crippen molar-refractivity contribution in [2.24, 2.45) is 0 Å². The van der Waals surface area contributed by atoms with Crippen molar-refractivity contribution in [3.8, 4) is 0 Å². The number of carbonyl (C=O) groups excluding carboxylic acids is 2. The Morgan fingerprint density at radius 3 is 1.33 bits per heavy atom. The first-order chi connectivity index (χ1) is 31.0. The van der Waals surface area contributed by atoms with Crippen molar-refractivity contribution in [1.29, 1.82) is 0 Å². The zero-order chi connectivity index (χ0) is 45.9. The molecule has 0 heterocycles. The molecular formula is C57H101NO5. The lowest BCUT2D eigenvalue weighted by molar-refractivity contribution is -0.150. The van der Waals surface area contributed by atoms with Gasteiger partial charge in [-0.05, 0) is 77.0 Å². The maximum Gasteiger partial charge on any atom is 0.306 e. The van der Waals surface area contributed by atoms with Gasteiger partial charge in [0.15, 0.2) is 0 Å². The van der Waals surface area contributed by atoms with E-state index in [0.29, 0.717) is 19.3 Å². The second-order valence-electron chi connectivity index (χ2n) is 17.9. The minimum absolute atomic E-state index is 0.0252. The van der Waals surface area contributed by atoms with Crippen molar-refractivity contribution < 1.29 is 24.5 Å². The van der Waals surface area contributed by atoms with E-state index < -0.39 is 18.2 Å². The van der Waals surface area contributed by atoms with Crippen LogP contribution in [0, 0.1) is 0 Å². The van der Waals surface area contributed by atoms with Gasteiger partial charge < -0.3 is 20.3 Å². The number of nitrogens with one attached hydrogen (secondary N) is 1. The van der Waals surface area contributed by atoms with E-state index in [2.05, 4.69) is 92.9 Å². The average Bonchev–Trinajstić information content (AvgIpc) is 3.28. The zero-order valence-corrected chi connectivity index (χ0v) is 41.4. The molecule has 0 aromatic carbocycles. The van der Waals surface area contributed by atoms with Crippen LogP contribution in [0.25, 0.3) is 0 Å². The van der Waals surface area contributed by atoms with Crippen LogP contribution in [-0.4, -0.2) is 46.9 Å². The molecule has 0 aromatic rings. The van der Waals surface area contributed by atoms with Gasteiger partial charge in [0, 0.05) is 6.42 Å². The van der Waals surface area contributed by atoms with E-state index in [1.54, 1.807) is 0 Å². The maximum absolute atomic E-state index is 13.2. The summed E-state index contributed by atoms with van der Waals surface area (Å²) in [5, 5.41) is 23.8. The van der Waals surface area contributed by atoms with Crippen LogP contribution >= 0.6 is 0 Å². The van der Waals surface area contributed by atoms with Crippen LogP contribution in [-0.2, 0) is 14.3 Å². The third-order valence-corrected chi connectivity index (χ3v) is 11.8. The molecule has 0 radical (unpaired) electrons. The molecule has 63 heavy (non-hydrogen) atoms. The van der Waals surface area contributed by atoms with Gasteiger partial charge in [-0.1, -0.05) is 235 Å². The van der Waals surface area contributed by atoms with Gasteiger partial charge in [-0.2, -0.15) is 0 Å². The van der Waals surface area contributed by atoms with Gasteiger partial charge in [0.2, 0.25) is 5.91 Å². The summed E-state index contributed by atoms with van der Waals surface area (Å²) < 4.78 is 5.87. The summed E-state index contributed by atoms with van der Waals surface area (Å²) in [5.74, 6) is -0.601. The summed E-state index contributed by atoms with van der Waals surface area (Å²) in [4.78, 5) is 26.1. The molecule has 3 unspecified atom stereocenters. The Bertz CT molecular complexity index is 1170. The Morgan fingerprint density at radius 1 is 0.476 bits per heavy atom. The van der Waals surface area contributed by atoms with Crippen molar-refractivity contribution in [2.75, 3.05) is 6.61 Å². The van der Waals surface area contributed by atoms with Gasteiger partial charge in [-0.3, -0.25) is 9.59 Å². The molecule has 1 amide bonds. The molecule has 6 nitrogen and oxygen atoms in total. The van der Waals surface area contributed by atoms with Crippen molar-refractivity contribution in [2.45, 2.75) is 270 Å². The zero-order valence-electron chi connectivity index (χ0n) is 41.4. The van der Waals surface area contributed by atoms with Crippen molar-refractivity contribution >= 4 is 11.9 Å². The van der Waals surface area contributed by atoms with Gasteiger partial charge in [-0.15, -0.1) is 0 Å². The third-order valence-electron chi connectivity index (χ3n) is 11.8. The van der Waals surface area contributed by atoms with Crippen molar-refractivity contribution in [3.05, 3.63) is 72.9 Å². The van der Waals surface area contributed by atoms with Crippen LogP contribution in [0.3, 0.4) is 0 Å². The van der Waals surface area contributed by atoms with Crippen LogP contribution in [0.15, 0.2) is 72.9 Å². The number of amides is 1. The normalized spacial score (nSPS) is 13.8. The van der Waals surface area contributed by atoms with Crippen LogP contribution < -0.4 is 5.32 Å². The highest BCUT2D eigenvalue weighted by atomic mass is 16.5. The number of aliphatic hydroxyl groups is 2. The second-order valence-corrected chi connectivity index (χ2v) is 17.9. The second kappa shape index (κ2) is 50.3. The van der Waals surface area contributed by atoms with E-state index in [4.69, 9.17) is 4.74 Å². The highest BCUT2D eigenvalue weighted by molar-refractivity contribution is 5.77. The molecule has 0 bridgehead atoms.